The standard InChI is InChI=1S/C19H20N4OS/c1-14-7-9-16(10-8-14)18-21-22-19(25)23(18)13-17(24)20-12-11-15-5-3-2-4-6-15/h2-10H,11-13H2,1H3,(H,20,24)(H,22,25). The van der Waals surface area contributed by atoms with Gasteiger partial charge in [0.1, 0.15) is 6.54 Å². The third-order valence-electron chi connectivity index (χ3n) is 3.95. The molecule has 0 radical (unpaired) electrons. The summed E-state index contributed by atoms with van der Waals surface area (Å²) in [4.78, 5) is 12.3. The zero-order chi connectivity index (χ0) is 17.6. The van der Waals surface area contributed by atoms with Crippen LogP contribution in [0.3, 0.4) is 0 Å². The van der Waals surface area contributed by atoms with Crippen LogP contribution in [-0.4, -0.2) is 27.2 Å². The first-order valence-electron chi connectivity index (χ1n) is 8.16. The number of hydrogen-bond acceptors (Lipinski definition) is 3. The predicted octanol–water partition coefficient (Wildman–Crippen LogP) is 3.28. The van der Waals surface area contributed by atoms with Gasteiger partial charge in [0, 0.05) is 12.1 Å². The summed E-state index contributed by atoms with van der Waals surface area (Å²) in [5.74, 6) is 0.588. The number of aryl methyl sites for hydroxylation is 1. The van der Waals surface area contributed by atoms with Crippen LogP contribution in [-0.2, 0) is 17.8 Å². The number of aromatic nitrogens is 3. The lowest BCUT2D eigenvalue weighted by Gasteiger charge is -2.08. The van der Waals surface area contributed by atoms with E-state index < -0.39 is 0 Å². The van der Waals surface area contributed by atoms with Crippen LogP contribution in [0.2, 0.25) is 0 Å². The summed E-state index contributed by atoms with van der Waals surface area (Å²) in [7, 11) is 0. The number of amides is 1. The lowest BCUT2D eigenvalue weighted by molar-refractivity contribution is -0.121. The predicted molar refractivity (Wildman–Crippen MR) is 101 cm³/mol. The number of H-pyrrole nitrogens is 1. The van der Waals surface area contributed by atoms with Gasteiger partial charge in [0.05, 0.1) is 0 Å². The number of nitrogens with one attached hydrogen (secondary N) is 2. The molecule has 0 atom stereocenters. The van der Waals surface area contributed by atoms with E-state index in [2.05, 4.69) is 15.5 Å². The Hall–Kier alpha value is -2.73. The third-order valence-corrected chi connectivity index (χ3v) is 4.26. The molecular weight excluding hydrogens is 332 g/mol. The molecule has 2 N–H and O–H groups in total. The fraction of sp³-hybridized carbons (Fsp3) is 0.211. The highest BCUT2D eigenvalue weighted by molar-refractivity contribution is 7.71. The van der Waals surface area contributed by atoms with Gasteiger partial charge in [0.25, 0.3) is 0 Å². The smallest absolute Gasteiger partial charge is 0.240 e. The molecule has 0 aliphatic heterocycles. The van der Waals surface area contributed by atoms with Crippen molar-refractivity contribution >= 4 is 18.1 Å². The average molecular weight is 352 g/mol. The molecule has 0 aliphatic carbocycles. The summed E-state index contributed by atoms with van der Waals surface area (Å²) < 4.78 is 2.16. The molecule has 0 aliphatic rings. The first-order chi connectivity index (χ1) is 12.1. The fourth-order valence-corrected chi connectivity index (χ4v) is 2.77. The van der Waals surface area contributed by atoms with E-state index in [0.717, 1.165) is 12.0 Å². The maximum Gasteiger partial charge on any atom is 0.240 e. The highest BCUT2D eigenvalue weighted by Gasteiger charge is 2.12. The van der Waals surface area contributed by atoms with Gasteiger partial charge in [0.15, 0.2) is 10.6 Å². The number of aromatic amines is 1. The van der Waals surface area contributed by atoms with Crippen molar-refractivity contribution in [2.24, 2.45) is 0 Å². The first-order valence-corrected chi connectivity index (χ1v) is 8.57. The van der Waals surface area contributed by atoms with E-state index in [-0.39, 0.29) is 12.5 Å². The molecular formula is C19H20N4OS. The molecule has 6 heteroatoms. The van der Waals surface area contributed by atoms with Crippen molar-refractivity contribution in [2.45, 2.75) is 19.9 Å². The highest BCUT2D eigenvalue weighted by atomic mass is 32.1. The molecule has 128 valence electrons. The minimum Gasteiger partial charge on any atom is -0.354 e. The van der Waals surface area contributed by atoms with Crippen molar-refractivity contribution in [1.29, 1.82) is 0 Å². The van der Waals surface area contributed by atoms with Crippen LogP contribution in [0.1, 0.15) is 11.1 Å². The Labute approximate surface area is 151 Å². The number of carbonyl (C=O) groups excluding carboxylic acids is 1. The van der Waals surface area contributed by atoms with E-state index in [1.807, 2.05) is 61.5 Å². The van der Waals surface area contributed by atoms with Crippen LogP contribution in [0, 0.1) is 11.7 Å². The number of nitrogens with zero attached hydrogens (tertiary/aromatic N) is 2. The second kappa shape index (κ2) is 7.90. The molecule has 1 aromatic heterocycles. The van der Waals surface area contributed by atoms with Crippen LogP contribution in [0.15, 0.2) is 54.6 Å². The Bertz CT molecular complexity index is 897. The topological polar surface area (TPSA) is 62.7 Å². The van der Waals surface area contributed by atoms with Crippen molar-refractivity contribution in [3.8, 4) is 11.4 Å². The van der Waals surface area contributed by atoms with Crippen LogP contribution < -0.4 is 5.32 Å². The summed E-state index contributed by atoms with van der Waals surface area (Å²) in [5, 5.41) is 9.97. The number of benzene rings is 2. The van der Waals surface area contributed by atoms with Gasteiger partial charge in [-0.05, 0) is 31.1 Å². The van der Waals surface area contributed by atoms with E-state index >= 15 is 0 Å². The molecule has 0 fully saturated rings. The van der Waals surface area contributed by atoms with Crippen molar-refractivity contribution in [3.63, 3.8) is 0 Å². The van der Waals surface area contributed by atoms with Crippen LogP contribution in [0.25, 0.3) is 11.4 Å². The third kappa shape index (κ3) is 4.42. The molecule has 0 spiro atoms. The van der Waals surface area contributed by atoms with Gasteiger partial charge >= 0.3 is 0 Å². The van der Waals surface area contributed by atoms with Crippen LogP contribution in [0.4, 0.5) is 0 Å². The van der Waals surface area contributed by atoms with Gasteiger partial charge in [-0.2, -0.15) is 5.10 Å². The molecule has 3 rings (SSSR count). The van der Waals surface area contributed by atoms with Crippen molar-refractivity contribution in [2.75, 3.05) is 6.54 Å². The Morgan fingerprint density at radius 2 is 1.88 bits per heavy atom. The van der Waals surface area contributed by atoms with Crippen molar-refractivity contribution in [1.82, 2.24) is 20.1 Å². The summed E-state index contributed by atoms with van der Waals surface area (Å²) in [6.45, 7) is 2.77. The number of rotatable bonds is 6. The minimum atomic E-state index is -0.0817. The quantitative estimate of drug-likeness (QED) is 0.669. The van der Waals surface area contributed by atoms with Crippen molar-refractivity contribution < 1.29 is 4.79 Å². The molecule has 0 unspecified atom stereocenters. The maximum atomic E-state index is 12.3. The molecule has 5 nitrogen and oxygen atoms in total. The molecule has 0 saturated carbocycles. The second-order valence-corrected chi connectivity index (χ2v) is 6.28. The maximum absolute atomic E-state index is 12.3. The monoisotopic (exact) mass is 352 g/mol. The van der Waals surface area contributed by atoms with E-state index in [4.69, 9.17) is 12.2 Å². The molecule has 2 aromatic carbocycles. The number of carbonyl (C=O) groups is 1. The normalized spacial score (nSPS) is 10.6. The van der Waals surface area contributed by atoms with Gasteiger partial charge in [-0.25, -0.2) is 0 Å². The minimum absolute atomic E-state index is 0.0817. The Balaban J connectivity index is 1.64. The van der Waals surface area contributed by atoms with Gasteiger partial charge in [-0.1, -0.05) is 60.2 Å². The zero-order valence-corrected chi connectivity index (χ0v) is 14.8. The summed E-state index contributed by atoms with van der Waals surface area (Å²) >= 11 is 5.27. The summed E-state index contributed by atoms with van der Waals surface area (Å²) in [6.07, 6.45) is 0.800. The summed E-state index contributed by atoms with van der Waals surface area (Å²) in [6, 6.07) is 18.0. The molecule has 3 aromatic rings. The van der Waals surface area contributed by atoms with Crippen LogP contribution >= 0.6 is 12.2 Å². The summed E-state index contributed by atoms with van der Waals surface area (Å²) in [5.41, 5.74) is 3.29. The van der Waals surface area contributed by atoms with Crippen LogP contribution in [0.5, 0.6) is 0 Å². The Morgan fingerprint density at radius 1 is 1.16 bits per heavy atom. The Morgan fingerprint density at radius 3 is 2.60 bits per heavy atom. The van der Waals surface area contributed by atoms with Gasteiger partial charge in [0.2, 0.25) is 5.91 Å². The molecule has 1 heterocycles. The lowest BCUT2D eigenvalue weighted by Crippen LogP contribution is -2.29. The molecule has 0 bridgehead atoms. The SMILES string of the molecule is Cc1ccc(-c2n[nH]c(=S)n2CC(=O)NCCc2ccccc2)cc1. The first kappa shape index (κ1) is 17.1. The lowest BCUT2D eigenvalue weighted by atomic mass is 10.1. The van der Waals surface area contributed by atoms with E-state index in [0.29, 0.717) is 17.1 Å². The van der Waals surface area contributed by atoms with E-state index in [1.165, 1.54) is 11.1 Å². The average Bonchev–Trinajstić information content (AvgIpc) is 2.97. The number of hydrogen-bond donors (Lipinski definition) is 2. The van der Waals surface area contributed by atoms with E-state index in [1.54, 1.807) is 4.57 Å². The van der Waals surface area contributed by atoms with Gasteiger partial charge in [-0.15, -0.1) is 0 Å². The van der Waals surface area contributed by atoms with Gasteiger partial charge < -0.3 is 5.32 Å². The largest absolute Gasteiger partial charge is 0.354 e. The fourth-order valence-electron chi connectivity index (χ4n) is 2.58. The Kier molecular flexibility index (Phi) is 5.40. The second-order valence-electron chi connectivity index (χ2n) is 5.89. The van der Waals surface area contributed by atoms with Gasteiger partial charge in [-0.3, -0.25) is 14.5 Å². The van der Waals surface area contributed by atoms with E-state index in [9.17, 15) is 4.79 Å². The molecule has 25 heavy (non-hydrogen) atoms. The highest BCUT2D eigenvalue weighted by Crippen LogP contribution is 2.17. The zero-order valence-electron chi connectivity index (χ0n) is 14.0. The molecule has 1 amide bonds. The van der Waals surface area contributed by atoms with Crippen molar-refractivity contribution in [3.05, 3.63) is 70.5 Å². The molecule has 0 saturated heterocycles.